The van der Waals surface area contributed by atoms with Gasteiger partial charge in [-0.3, -0.25) is 4.98 Å². The van der Waals surface area contributed by atoms with E-state index < -0.39 is 0 Å². The van der Waals surface area contributed by atoms with E-state index in [2.05, 4.69) is 23.8 Å². The molecule has 0 bridgehead atoms. The molecule has 0 saturated carbocycles. The summed E-state index contributed by atoms with van der Waals surface area (Å²) in [6.45, 7) is 5.46. The summed E-state index contributed by atoms with van der Waals surface area (Å²) in [6, 6.07) is 9.59. The van der Waals surface area contributed by atoms with E-state index in [0.29, 0.717) is 30.6 Å². The Morgan fingerprint density at radius 2 is 2.05 bits per heavy atom. The van der Waals surface area contributed by atoms with E-state index in [9.17, 15) is 0 Å². The van der Waals surface area contributed by atoms with E-state index in [-0.39, 0.29) is 0 Å². The Kier molecular flexibility index (Phi) is 4.98. The number of ether oxygens (including phenoxy) is 1. The topological polar surface area (TPSA) is 64.3 Å². The molecule has 0 aliphatic carbocycles. The van der Waals surface area contributed by atoms with Gasteiger partial charge in [0.1, 0.15) is 5.82 Å². The summed E-state index contributed by atoms with van der Waals surface area (Å²) < 4.78 is 5.66. The van der Waals surface area contributed by atoms with Crippen LogP contribution in [0.1, 0.15) is 19.5 Å². The molecule has 0 aromatic carbocycles. The van der Waals surface area contributed by atoms with Crippen LogP contribution >= 0.6 is 0 Å². The van der Waals surface area contributed by atoms with Crippen LogP contribution < -0.4 is 15.4 Å². The zero-order valence-electron chi connectivity index (χ0n) is 12.8. The van der Waals surface area contributed by atoms with Crippen molar-refractivity contribution in [2.45, 2.75) is 20.4 Å². The number of hydrogen-bond acceptors (Lipinski definition) is 5. The van der Waals surface area contributed by atoms with Crippen LogP contribution in [0.2, 0.25) is 0 Å². The molecule has 2 N–H and O–H groups in total. The number of nitrogen functional groups attached to an aromatic ring is 1. The van der Waals surface area contributed by atoms with Gasteiger partial charge in [0.05, 0.1) is 24.5 Å². The molecule has 0 radical (unpaired) electrons. The molecule has 0 aliphatic rings. The standard InChI is InChI=1S/C16H22N4O/c1-12(2)11-21-16-14(17)7-8-15(19-16)20(3)10-13-6-4-5-9-18-13/h4-9,12H,10-11,17H2,1-3H3. The van der Waals surface area contributed by atoms with Crippen LogP contribution in [0.4, 0.5) is 11.5 Å². The van der Waals surface area contributed by atoms with Crippen LogP contribution in [-0.2, 0) is 6.54 Å². The third-order valence-corrected chi connectivity index (χ3v) is 2.94. The summed E-state index contributed by atoms with van der Waals surface area (Å²) in [5.41, 5.74) is 7.46. The lowest BCUT2D eigenvalue weighted by atomic mass is 10.2. The number of hydrogen-bond donors (Lipinski definition) is 1. The van der Waals surface area contributed by atoms with Crippen molar-refractivity contribution in [1.82, 2.24) is 9.97 Å². The van der Waals surface area contributed by atoms with E-state index in [1.54, 1.807) is 6.20 Å². The third kappa shape index (κ3) is 4.34. The molecule has 0 aliphatic heterocycles. The Balaban J connectivity index is 2.10. The molecule has 2 heterocycles. The van der Waals surface area contributed by atoms with E-state index >= 15 is 0 Å². The number of nitrogens with two attached hydrogens (primary N) is 1. The van der Waals surface area contributed by atoms with Crippen molar-refractivity contribution in [1.29, 1.82) is 0 Å². The maximum atomic E-state index is 5.91. The van der Waals surface area contributed by atoms with Crippen molar-refractivity contribution < 1.29 is 4.74 Å². The van der Waals surface area contributed by atoms with Gasteiger partial charge in [-0.1, -0.05) is 19.9 Å². The highest BCUT2D eigenvalue weighted by Gasteiger charge is 2.09. The average molecular weight is 286 g/mol. The number of anilines is 2. The summed E-state index contributed by atoms with van der Waals surface area (Å²) in [5, 5.41) is 0. The Hall–Kier alpha value is -2.30. The van der Waals surface area contributed by atoms with Gasteiger partial charge in [0.15, 0.2) is 0 Å². The van der Waals surface area contributed by atoms with Crippen LogP contribution in [-0.4, -0.2) is 23.6 Å². The maximum absolute atomic E-state index is 5.91. The zero-order valence-corrected chi connectivity index (χ0v) is 12.8. The summed E-state index contributed by atoms with van der Waals surface area (Å²) >= 11 is 0. The molecule has 0 spiro atoms. The smallest absolute Gasteiger partial charge is 0.239 e. The fourth-order valence-electron chi connectivity index (χ4n) is 1.83. The molecule has 0 fully saturated rings. The third-order valence-electron chi connectivity index (χ3n) is 2.94. The second kappa shape index (κ2) is 6.92. The predicted octanol–water partition coefficient (Wildman–Crippen LogP) is 2.73. The lowest BCUT2D eigenvalue weighted by molar-refractivity contribution is 0.263. The SMILES string of the molecule is CC(C)COc1nc(N(C)Cc2ccccn2)ccc1N. The number of nitrogens with zero attached hydrogens (tertiary/aromatic N) is 3. The van der Waals surface area contributed by atoms with Crippen LogP contribution in [0.3, 0.4) is 0 Å². The van der Waals surface area contributed by atoms with Crippen molar-refractivity contribution in [3.8, 4) is 5.88 Å². The number of pyridine rings is 2. The first-order valence-corrected chi connectivity index (χ1v) is 7.06. The van der Waals surface area contributed by atoms with E-state index in [1.807, 2.05) is 42.3 Å². The summed E-state index contributed by atoms with van der Waals surface area (Å²) in [5.74, 6) is 1.74. The van der Waals surface area contributed by atoms with Crippen LogP contribution in [0.25, 0.3) is 0 Å². The molecule has 5 heteroatoms. The highest BCUT2D eigenvalue weighted by Crippen LogP contribution is 2.23. The Bertz CT molecular complexity index is 572. The van der Waals surface area contributed by atoms with Gasteiger partial charge in [0.2, 0.25) is 5.88 Å². The molecule has 0 saturated heterocycles. The molecule has 0 unspecified atom stereocenters. The first-order valence-electron chi connectivity index (χ1n) is 7.06. The summed E-state index contributed by atoms with van der Waals surface area (Å²) in [7, 11) is 1.97. The minimum atomic E-state index is 0.432. The minimum Gasteiger partial charge on any atom is -0.476 e. The van der Waals surface area contributed by atoms with Crippen molar-refractivity contribution in [3.05, 3.63) is 42.2 Å². The fourth-order valence-corrected chi connectivity index (χ4v) is 1.83. The zero-order chi connectivity index (χ0) is 15.2. The Morgan fingerprint density at radius 1 is 1.24 bits per heavy atom. The summed E-state index contributed by atoms with van der Waals surface area (Å²) in [4.78, 5) is 10.8. The largest absolute Gasteiger partial charge is 0.476 e. The van der Waals surface area contributed by atoms with Crippen molar-refractivity contribution in [3.63, 3.8) is 0 Å². The molecule has 5 nitrogen and oxygen atoms in total. The first kappa shape index (κ1) is 15.1. The lowest BCUT2D eigenvalue weighted by Crippen LogP contribution is -2.19. The quantitative estimate of drug-likeness (QED) is 0.884. The molecular weight excluding hydrogens is 264 g/mol. The predicted molar refractivity (Wildman–Crippen MR) is 85.3 cm³/mol. The van der Waals surface area contributed by atoms with Crippen molar-refractivity contribution >= 4 is 11.5 Å². The molecule has 21 heavy (non-hydrogen) atoms. The Labute approximate surface area is 125 Å². The highest BCUT2D eigenvalue weighted by atomic mass is 16.5. The van der Waals surface area contributed by atoms with Gasteiger partial charge in [-0.2, -0.15) is 4.98 Å². The minimum absolute atomic E-state index is 0.432. The van der Waals surface area contributed by atoms with Gasteiger partial charge >= 0.3 is 0 Å². The molecule has 0 atom stereocenters. The van der Waals surface area contributed by atoms with Crippen LogP contribution in [0.5, 0.6) is 5.88 Å². The second-order valence-corrected chi connectivity index (χ2v) is 5.45. The van der Waals surface area contributed by atoms with E-state index in [1.165, 1.54) is 0 Å². The van der Waals surface area contributed by atoms with Gasteiger partial charge in [0, 0.05) is 13.2 Å². The monoisotopic (exact) mass is 286 g/mol. The molecule has 2 aromatic rings. The van der Waals surface area contributed by atoms with Crippen molar-refractivity contribution in [2.24, 2.45) is 5.92 Å². The number of aromatic nitrogens is 2. The molecule has 2 rings (SSSR count). The van der Waals surface area contributed by atoms with Gasteiger partial charge in [-0.25, -0.2) is 0 Å². The van der Waals surface area contributed by atoms with Gasteiger partial charge < -0.3 is 15.4 Å². The van der Waals surface area contributed by atoms with Crippen LogP contribution in [0, 0.1) is 5.92 Å². The maximum Gasteiger partial charge on any atom is 0.239 e. The van der Waals surface area contributed by atoms with Crippen molar-refractivity contribution in [2.75, 3.05) is 24.3 Å². The normalized spacial score (nSPS) is 10.7. The molecular formula is C16H22N4O. The second-order valence-electron chi connectivity index (χ2n) is 5.45. The molecule has 2 aromatic heterocycles. The van der Waals surface area contributed by atoms with E-state index in [4.69, 9.17) is 10.5 Å². The van der Waals surface area contributed by atoms with Gasteiger partial charge in [0.25, 0.3) is 0 Å². The first-order chi connectivity index (χ1) is 10.1. The number of rotatable bonds is 6. The van der Waals surface area contributed by atoms with Crippen LogP contribution in [0.15, 0.2) is 36.5 Å². The lowest BCUT2D eigenvalue weighted by Gasteiger charge is -2.19. The molecule has 112 valence electrons. The average Bonchev–Trinajstić information content (AvgIpc) is 2.47. The molecule has 0 amide bonds. The summed E-state index contributed by atoms with van der Waals surface area (Å²) in [6.07, 6.45) is 1.79. The van der Waals surface area contributed by atoms with Gasteiger partial charge in [-0.15, -0.1) is 0 Å². The van der Waals surface area contributed by atoms with E-state index in [0.717, 1.165) is 11.5 Å². The fraction of sp³-hybridized carbons (Fsp3) is 0.375. The highest BCUT2D eigenvalue weighted by molar-refractivity contribution is 5.54. The Morgan fingerprint density at radius 3 is 2.71 bits per heavy atom. The van der Waals surface area contributed by atoms with Gasteiger partial charge in [-0.05, 0) is 30.2 Å².